The van der Waals surface area contributed by atoms with Gasteiger partial charge in [-0.2, -0.15) is 13.2 Å². The van der Waals surface area contributed by atoms with Gasteiger partial charge in [-0.1, -0.05) is 35.3 Å². The Bertz CT molecular complexity index is 1510. The van der Waals surface area contributed by atoms with Crippen LogP contribution in [0.1, 0.15) is 19.4 Å². The molecule has 0 spiro atoms. The molecule has 218 valence electrons. The first kappa shape index (κ1) is 29.7. The fourth-order valence-electron chi connectivity index (χ4n) is 5.08. The van der Waals surface area contributed by atoms with E-state index in [2.05, 4.69) is 4.90 Å². The molecule has 0 saturated carbocycles. The summed E-state index contributed by atoms with van der Waals surface area (Å²) < 4.78 is 62.5. The average molecular weight is 627 g/mol. The van der Waals surface area contributed by atoms with Gasteiger partial charge in [-0.3, -0.25) is 0 Å². The van der Waals surface area contributed by atoms with Crippen molar-refractivity contribution in [3.63, 3.8) is 0 Å². The van der Waals surface area contributed by atoms with Gasteiger partial charge in [0.05, 0.1) is 45.5 Å². The molecule has 1 fully saturated rings. The van der Waals surface area contributed by atoms with Gasteiger partial charge >= 0.3 is 12.3 Å². The van der Waals surface area contributed by atoms with Crippen molar-refractivity contribution in [2.75, 3.05) is 49.0 Å². The second kappa shape index (κ2) is 11.9. The Balaban J connectivity index is 1.89. The van der Waals surface area contributed by atoms with Crippen molar-refractivity contribution in [2.45, 2.75) is 20.0 Å². The second-order valence-corrected chi connectivity index (χ2v) is 13.0. The number of ether oxygens (including phenoxy) is 2. The number of fused-ring (bicyclic) bond motifs is 1. The van der Waals surface area contributed by atoms with Gasteiger partial charge in [0.25, 0.3) is 0 Å². The van der Waals surface area contributed by atoms with Crippen molar-refractivity contribution in [3.8, 4) is 5.75 Å². The maximum absolute atomic E-state index is 14.3. The van der Waals surface area contributed by atoms with E-state index >= 15 is 0 Å². The molecule has 1 saturated heterocycles. The molecule has 1 atom stereocenters. The summed E-state index contributed by atoms with van der Waals surface area (Å²) in [6.07, 6.45) is -5.45. The first-order chi connectivity index (χ1) is 19.6. The van der Waals surface area contributed by atoms with E-state index in [1.54, 1.807) is 12.1 Å². The number of amides is 1. The van der Waals surface area contributed by atoms with Crippen molar-refractivity contribution in [2.24, 2.45) is 4.74 Å². The van der Waals surface area contributed by atoms with Gasteiger partial charge in [0, 0.05) is 37.9 Å². The Morgan fingerprint density at radius 1 is 0.976 bits per heavy atom. The standard InChI is InChI=1S/C28H28Cl2F3N4O3P/c1-3-35(4-2)19-10-12-26-25(18-19)40-27(38)37(20-9-11-22(29)23(30)17-20)41(26,36-13-15-39-16-14-36)34-24-8-6-5-7-21(24)28(31,32)33/h5-12,17-18H,3-4,13-16H2,1-2H3. The molecule has 3 aromatic rings. The lowest BCUT2D eigenvalue weighted by atomic mass is 10.2. The zero-order chi connectivity index (χ0) is 29.4. The number of hydrogen-bond donors (Lipinski definition) is 0. The smallest absolute Gasteiger partial charge is 0.409 e. The highest BCUT2D eigenvalue weighted by molar-refractivity contribution is 7.74. The molecule has 2 aliphatic rings. The number of hydrogen-bond acceptors (Lipinski definition) is 5. The molecule has 2 heterocycles. The van der Waals surface area contributed by atoms with Crippen molar-refractivity contribution in [1.82, 2.24) is 4.67 Å². The molecule has 3 aromatic carbocycles. The van der Waals surface area contributed by atoms with Crippen LogP contribution in [0.25, 0.3) is 0 Å². The minimum Gasteiger partial charge on any atom is -0.409 e. The first-order valence-corrected chi connectivity index (χ1v) is 15.5. The van der Waals surface area contributed by atoms with E-state index in [4.69, 9.17) is 37.4 Å². The molecule has 41 heavy (non-hydrogen) atoms. The van der Waals surface area contributed by atoms with Crippen LogP contribution in [0.5, 0.6) is 5.75 Å². The van der Waals surface area contributed by atoms with Crippen LogP contribution in [0.3, 0.4) is 0 Å². The number of anilines is 2. The predicted molar refractivity (Wildman–Crippen MR) is 157 cm³/mol. The zero-order valence-electron chi connectivity index (χ0n) is 22.4. The first-order valence-electron chi connectivity index (χ1n) is 13.1. The number of benzene rings is 3. The van der Waals surface area contributed by atoms with Gasteiger partial charge in [0.1, 0.15) is 5.75 Å². The second-order valence-electron chi connectivity index (χ2n) is 9.35. The van der Waals surface area contributed by atoms with E-state index in [1.165, 1.54) is 35.0 Å². The average Bonchev–Trinajstić information content (AvgIpc) is 2.95. The van der Waals surface area contributed by atoms with Crippen LogP contribution in [0.15, 0.2) is 65.4 Å². The molecule has 0 radical (unpaired) electrons. The van der Waals surface area contributed by atoms with Crippen LogP contribution in [-0.2, 0) is 10.9 Å². The number of nitrogens with zero attached hydrogens (tertiary/aromatic N) is 4. The molecule has 7 nitrogen and oxygen atoms in total. The fraction of sp³-hybridized carbons (Fsp3) is 0.321. The zero-order valence-corrected chi connectivity index (χ0v) is 24.8. The van der Waals surface area contributed by atoms with Gasteiger partial charge in [-0.15, -0.1) is 0 Å². The number of morpholine rings is 1. The number of halogens is 5. The van der Waals surface area contributed by atoms with Crippen molar-refractivity contribution < 1.29 is 27.4 Å². The third kappa shape index (κ3) is 5.56. The van der Waals surface area contributed by atoms with Gasteiger partial charge in [-0.25, -0.2) is 18.9 Å². The van der Waals surface area contributed by atoms with E-state index in [9.17, 15) is 18.0 Å². The summed E-state index contributed by atoms with van der Waals surface area (Å²) in [7, 11) is -3.55. The molecular formula is C28H28Cl2F3N4O3P. The summed E-state index contributed by atoms with van der Waals surface area (Å²) in [6.45, 7) is 6.73. The maximum atomic E-state index is 14.3. The lowest BCUT2D eigenvalue weighted by Gasteiger charge is -2.47. The summed E-state index contributed by atoms with van der Waals surface area (Å²) in [4.78, 5) is 16.1. The van der Waals surface area contributed by atoms with Crippen LogP contribution < -0.4 is 19.6 Å². The topological polar surface area (TPSA) is 57.6 Å². The van der Waals surface area contributed by atoms with E-state index in [0.717, 1.165) is 11.8 Å². The third-order valence-electron chi connectivity index (χ3n) is 7.03. The molecule has 1 amide bonds. The van der Waals surface area contributed by atoms with Crippen LogP contribution >= 0.6 is 30.6 Å². The highest BCUT2D eigenvalue weighted by Gasteiger charge is 2.48. The summed E-state index contributed by atoms with van der Waals surface area (Å²) in [6, 6.07) is 15.2. The van der Waals surface area contributed by atoms with Gasteiger partial charge in [0.2, 0.25) is 0 Å². The van der Waals surface area contributed by atoms with Gasteiger partial charge < -0.3 is 14.4 Å². The summed E-state index contributed by atoms with van der Waals surface area (Å²) >= 11 is 12.6. The molecule has 13 heteroatoms. The fourth-order valence-corrected chi connectivity index (χ4v) is 9.06. The monoisotopic (exact) mass is 626 g/mol. The molecule has 0 aromatic heterocycles. The van der Waals surface area contributed by atoms with Crippen molar-refractivity contribution in [3.05, 3.63) is 76.3 Å². The lowest BCUT2D eigenvalue weighted by Crippen LogP contribution is -2.49. The largest absolute Gasteiger partial charge is 0.425 e. The summed E-state index contributed by atoms with van der Waals surface area (Å²) in [5.41, 5.74) is -0.0587. The molecule has 0 N–H and O–H groups in total. The van der Waals surface area contributed by atoms with Crippen LogP contribution in [0.4, 0.5) is 35.0 Å². The predicted octanol–water partition coefficient (Wildman–Crippen LogP) is 8.20. The molecule has 1 unspecified atom stereocenters. The molecule has 5 rings (SSSR count). The van der Waals surface area contributed by atoms with Crippen molar-refractivity contribution in [1.29, 1.82) is 0 Å². The van der Waals surface area contributed by atoms with Gasteiger partial charge in [0.15, 0.2) is 7.36 Å². The minimum atomic E-state index is -4.67. The van der Waals surface area contributed by atoms with Crippen molar-refractivity contribution >= 4 is 59.0 Å². The quantitative estimate of drug-likeness (QED) is 0.258. The Hall–Kier alpha value is -2.75. The Labute approximate surface area is 246 Å². The highest BCUT2D eigenvalue weighted by atomic mass is 35.5. The number of carbonyl (C=O) groups is 1. The molecule has 0 bridgehead atoms. The number of rotatable bonds is 6. The molecule has 2 aliphatic heterocycles. The Morgan fingerprint density at radius 2 is 1.68 bits per heavy atom. The van der Waals surface area contributed by atoms with E-state index < -0.39 is 25.2 Å². The Kier molecular flexibility index (Phi) is 8.60. The Morgan fingerprint density at radius 3 is 2.34 bits per heavy atom. The number of alkyl halides is 3. The summed E-state index contributed by atoms with van der Waals surface area (Å²) in [5, 5.41) is 0.952. The van der Waals surface area contributed by atoms with E-state index in [-0.39, 0.29) is 21.5 Å². The van der Waals surface area contributed by atoms with E-state index in [1.807, 2.05) is 30.7 Å². The maximum Gasteiger partial charge on any atom is 0.425 e. The van der Waals surface area contributed by atoms with Crippen LogP contribution in [0, 0.1) is 0 Å². The minimum absolute atomic E-state index is 0.176. The normalized spacial score (nSPS) is 19.5. The SMILES string of the molecule is CCN(CC)c1ccc2c(c1)OC(=O)N(c1ccc(Cl)c(Cl)c1)P2(=Nc1ccccc1C(F)(F)F)N1CCOCC1. The third-order valence-corrected chi connectivity index (χ3v) is 11.4. The van der Waals surface area contributed by atoms with Crippen LogP contribution in [0.2, 0.25) is 10.0 Å². The van der Waals surface area contributed by atoms with Gasteiger partial charge in [-0.05, 0) is 56.3 Å². The van der Waals surface area contributed by atoms with E-state index in [0.29, 0.717) is 50.4 Å². The molecular weight excluding hydrogens is 599 g/mol. The summed E-state index contributed by atoms with van der Waals surface area (Å²) in [5.74, 6) is 0.253. The molecule has 0 aliphatic carbocycles. The number of carbonyl (C=O) groups excluding carboxylic acids is 1. The lowest BCUT2D eigenvalue weighted by molar-refractivity contribution is -0.137. The van der Waals surface area contributed by atoms with Crippen LogP contribution in [-0.4, -0.2) is 50.2 Å². The highest BCUT2D eigenvalue weighted by Crippen LogP contribution is 2.63.